The Morgan fingerprint density at radius 1 is 1.52 bits per heavy atom. The van der Waals surface area contributed by atoms with Crippen molar-refractivity contribution >= 4 is 55.7 Å². The van der Waals surface area contributed by atoms with Gasteiger partial charge in [0, 0.05) is 29.9 Å². The maximum Gasteiger partial charge on any atom is 0.345 e. The molecule has 5 nitrogen and oxygen atoms in total. The molecular formula is C17H17BrClF2N3O2S. The van der Waals surface area contributed by atoms with Gasteiger partial charge in [-0.3, -0.25) is 0 Å². The third kappa shape index (κ3) is 5.39. The number of thiophene rings is 1. The number of nitrogens with two attached hydrogens (primary N) is 1. The van der Waals surface area contributed by atoms with Gasteiger partial charge in [0.25, 0.3) is 0 Å². The maximum absolute atomic E-state index is 12.1. The zero-order chi connectivity index (χ0) is 21.2. The molecule has 0 bridgehead atoms. The molecule has 27 heavy (non-hydrogen) atoms. The van der Waals surface area contributed by atoms with E-state index >= 15 is 0 Å². The predicted molar refractivity (Wildman–Crippen MR) is 107 cm³/mol. The third-order valence-corrected chi connectivity index (χ3v) is 5.44. The van der Waals surface area contributed by atoms with Crippen LogP contribution in [0.1, 0.15) is 19.8 Å². The molecule has 0 unspecified atom stereocenters. The lowest BCUT2D eigenvalue weighted by Gasteiger charge is -2.10. The van der Waals surface area contributed by atoms with E-state index in [2.05, 4.69) is 31.0 Å². The van der Waals surface area contributed by atoms with E-state index in [1.165, 1.54) is 17.4 Å². The fourth-order valence-corrected chi connectivity index (χ4v) is 3.68. The van der Waals surface area contributed by atoms with Crippen molar-refractivity contribution in [2.24, 2.45) is 5.73 Å². The molecule has 1 atom stereocenters. The molecule has 0 saturated carbocycles. The molecule has 0 radical (unpaired) electrons. The predicted octanol–water partition coefficient (Wildman–Crippen LogP) is 5.42. The average molecular weight is 483 g/mol. The van der Waals surface area contributed by atoms with Crippen LogP contribution >= 0.6 is 38.9 Å². The molecule has 146 valence electrons. The van der Waals surface area contributed by atoms with Crippen LogP contribution in [0.5, 0.6) is 0 Å². The van der Waals surface area contributed by atoms with Crippen LogP contribution in [-0.2, 0) is 17.7 Å². The summed E-state index contributed by atoms with van der Waals surface area (Å²) in [6.45, 7) is -4.86. The number of hydrogen-bond donors (Lipinski definition) is 2. The van der Waals surface area contributed by atoms with E-state index < -0.39 is 19.2 Å². The summed E-state index contributed by atoms with van der Waals surface area (Å²) in [6.07, 6.45) is 0.465. The highest BCUT2D eigenvalue weighted by molar-refractivity contribution is 9.10. The Balaban J connectivity index is 1.86. The summed E-state index contributed by atoms with van der Waals surface area (Å²) in [4.78, 5) is 4.73. The fourth-order valence-electron chi connectivity index (χ4n) is 2.41. The zero-order valence-corrected chi connectivity index (χ0v) is 17.0. The van der Waals surface area contributed by atoms with Gasteiger partial charge >= 0.3 is 6.61 Å². The van der Waals surface area contributed by atoms with Crippen LogP contribution in [0.3, 0.4) is 0 Å². The van der Waals surface area contributed by atoms with Gasteiger partial charge in [-0.15, -0.1) is 11.3 Å². The van der Waals surface area contributed by atoms with Crippen LogP contribution in [0.25, 0.3) is 11.1 Å². The van der Waals surface area contributed by atoms with Crippen LogP contribution in [0.2, 0.25) is 5.15 Å². The molecule has 0 amide bonds. The normalized spacial score (nSPS) is 14.4. The molecule has 10 heteroatoms. The van der Waals surface area contributed by atoms with Gasteiger partial charge in [-0.05, 0) is 33.8 Å². The number of nitrogens with zero attached hydrogens (tertiary/aromatic N) is 1. The smallest absolute Gasteiger partial charge is 0.345 e. The molecule has 0 spiro atoms. The molecule has 3 aromatic rings. The Labute approximate surface area is 174 Å². The molecule has 0 aromatic carbocycles. The molecule has 0 aliphatic carbocycles. The van der Waals surface area contributed by atoms with Gasteiger partial charge < -0.3 is 20.2 Å². The first-order valence-electron chi connectivity index (χ1n) is 8.92. The Morgan fingerprint density at radius 2 is 2.33 bits per heavy atom. The van der Waals surface area contributed by atoms with Crippen LogP contribution < -0.4 is 11.1 Å². The number of fused-ring (bicyclic) bond motifs is 1. The molecule has 3 N–H and O–H groups in total. The first-order valence-corrected chi connectivity index (χ1v) is 9.97. The van der Waals surface area contributed by atoms with Crippen molar-refractivity contribution in [3.63, 3.8) is 0 Å². The number of pyridine rings is 1. The van der Waals surface area contributed by atoms with Gasteiger partial charge in [0.05, 0.1) is 19.5 Å². The van der Waals surface area contributed by atoms with Crippen LogP contribution in [-0.4, -0.2) is 24.2 Å². The van der Waals surface area contributed by atoms with Crippen LogP contribution in [0, 0.1) is 0 Å². The van der Waals surface area contributed by atoms with E-state index in [0.717, 1.165) is 0 Å². The molecule has 0 saturated heterocycles. The number of alkyl halides is 2. The third-order valence-electron chi connectivity index (χ3n) is 3.64. The lowest BCUT2D eigenvalue weighted by atomic mass is 10.1. The lowest BCUT2D eigenvalue weighted by molar-refractivity contribution is -0.129. The van der Waals surface area contributed by atoms with Crippen molar-refractivity contribution < 1.29 is 20.7 Å². The highest BCUT2D eigenvalue weighted by Gasteiger charge is 2.20. The molecule has 0 fully saturated rings. The maximum atomic E-state index is 12.1. The minimum atomic E-state index is -2.83. The first-order chi connectivity index (χ1) is 13.7. The van der Waals surface area contributed by atoms with Crippen molar-refractivity contribution in [2.45, 2.75) is 32.0 Å². The van der Waals surface area contributed by atoms with E-state index in [-0.39, 0.29) is 24.6 Å². The minimum absolute atomic E-state index is 0.157. The van der Waals surface area contributed by atoms with Gasteiger partial charge in [0.1, 0.15) is 16.4 Å². The number of ether oxygens (including phenoxy) is 1. The molecule has 3 rings (SSSR count). The number of aromatic nitrogens is 1. The van der Waals surface area contributed by atoms with E-state index in [0.29, 0.717) is 31.9 Å². The number of nitrogens with one attached hydrogen (secondary N) is 1. The molecule has 0 aliphatic rings. The van der Waals surface area contributed by atoms with Crippen LogP contribution in [0.15, 0.2) is 32.5 Å². The van der Waals surface area contributed by atoms with E-state index in [1.807, 2.05) is 0 Å². The first kappa shape index (κ1) is 17.8. The quantitative estimate of drug-likeness (QED) is 0.399. The Kier molecular flexibility index (Phi) is 6.13. The van der Waals surface area contributed by atoms with E-state index in [4.69, 9.17) is 24.5 Å². The minimum Gasteiger partial charge on any atom is -0.456 e. The summed E-state index contributed by atoms with van der Waals surface area (Å²) < 4.78 is 51.4. The highest BCUT2D eigenvalue weighted by Crippen LogP contribution is 2.36. The summed E-state index contributed by atoms with van der Waals surface area (Å²) in [5.74, 6) is 0.457. The standard InChI is InChI=1S/C17H17BrClF2N3O2S/c18-14-12(6-9(22)3-4-25-17(20)21)26-16-11(7-13(19)24-15(14)16)23-8-10-2-1-5-27-10/h1-2,5,7,9,17H,3-4,6,8,22H2,(H,23,24)/t9-/m0/s1/i8D2. The van der Waals surface area contributed by atoms with Gasteiger partial charge in [0.2, 0.25) is 0 Å². The monoisotopic (exact) mass is 481 g/mol. The molecular weight excluding hydrogens is 464 g/mol. The van der Waals surface area contributed by atoms with Crippen molar-refractivity contribution in [2.75, 3.05) is 11.9 Å². The number of hydrogen-bond acceptors (Lipinski definition) is 6. The SMILES string of the molecule is [2H]C([2H])(Nc1cc(Cl)nc2c(Br)c(C[C@@H](N)CCOC(F)F)oc12)c1cccs1. The summed E-state index contributed by atoms with van der Waals surface area (Å²) in [5.41, 5.74) is 7.05. The van der Waals surface area contributed by atoms with Gasteiger partial charge in [-0.2, -0.15) is 8.78 Å². The molecule has 3 heterocycles. The second kappa shape index (κ2) is 9.29. The van der Waals surface area contributed by atoms with Crippen molar-refractivity contribution in [3.8, 4) is 0 Å². The average Bonchev–Trinajstić information content (AvgIpc) is 3.25. The van der Waals surface area contributed by atoms with Crippen molar-refractivity contribution in [1.82, 2.24) is 4.98 Å². The largest absolute Gasteiger partial charge is 0.456 e. The summed E-state index contributed by atoms with van der Waals surface area (Å²) in [7, 11) is 0. The summed E-state index contributed by atoms with van der Waals surface area (Å²) in [5, 5.41) is 4.75. The number of halogens is 4. The highest BCUT2D eigenvalue weighted by atomic mass is 79.9. The van der Waals surface area contributed by atoms with Crippen molar-refractivity contribution in [1.29, 1.82) is 0 Å². The van der Waals surface area contributed by atoms with Crippen LogP contribution in [0.4, 0.5) is 14.5 Å². The topological polar surface area (TPSA) is 73.3 Å². The second-order valence-electron chi connectivity index (χ2n) is 5.62. The van der Waals surface area contributed by atoms with E-state index in [9.17, 15) is 8.78 Å². The second-order valence-corrected chi connectivity index (χ2v) is 7.75. The van der Waals surface area contributed by atoms with Crippen molar-refractivity contribution in [3.05, 3.63) is 43.8 Å². The Hall–Kier alpha value is -1.26. The Morgan fingerprint density at radius 3 is 3.04 bits per heavy atom. The summed E-state index contributed by atoms with van der Waals surface area (Å²) >= 11 is 10.8. The lowest BCUT2D eigenvalue weighted by Crippen LogP contribution is -2.25. The number of furan rings is 1. The number of anilines is 1. The fraction of sp³-hybridized carbons (Fsp3) is 0.353. The molecule has 0 aliphatic heterocycles. The van der Waals surface area contributed by atoms with E-state index in [1.54, 1.807) is 17.5 Å². The zero-order valence-electron chi connectivity index (χ0n) is 15.8. The molecule has 3 aromatic heterocycles. The van der Waals surface area contributed by atoms with Gasteiger partial charge in [-0.25, -0.2) is 4.98 Å². The van der Waals surface area contributed by atoms with Gasteiger partial charge in [0.15, 0.2) is 5.58 Å². The Bertz CT molecular complexity index is 975. The number of rotatable bonds is 9. The summed E-state index contributed by atoms with van der Waals surface area (Å²) in [6, 6.07) is 4.44. The van der Waals surface area contributed by atoms with Gasteiger partial charge in [-0.1, -0.05) is 17.7 Å².